The molecule has 0 fully saturated rings. The number of hydrogen-bond acceptors (Lipinski definition) is 4. The molecule has 2 aromatic rings. The van der Waals surface area contributed by atoms with E-state index in [1.807, 2.05) is 0 Å². The summed E-state index contributed by atoms with van der Waals surface area (Å²) in [6.07, 6.45) is 3.78. The van der Waals surface area contributed by atoms with Crippen molar-refractivity contribution in [1.29, 1.82) is 0 Å². The van der Waals surface area contributed by atoms with Gasteiger partial charge in [0.05, 0.1) is 0 Å². The second-order valence-electron chi connectivity index (χ2n) is 5.17. The molecule has 2 aromatic heterocycles. The van der Waals surface area contributed by atoms with Crippen molar-refractivity contribution in [2.45, 2.75) is 39.8 Å². The lowest BCUT2D eigenvalue weighted by Crippen LogP contribution is -2.37. The first-order valence-corrected chi connectivity index (χ1v) is 7.00. The van der Waals surface area contributed by atoms with Crippen LogP contribution < -0.4 is 22.5 Å². The minimum Gasteiger partial charge on any atom is -0.314 e. The highest BCUT2D eigenvalue weighted by Gasteiger charge is 2.06. The van der Waals surface area contributed by atoms with Gasteiger partial charge in [-0.25, -0.2) is 9.59 Å². The van der Waals surface area contributed by atoms with E-state index in [-0.39, 0.29) is 24.2 Å². The highest BCUT2D eigenvalue weighted by molar-refractivity contribution is 5.01. The molecule has 2 heterocycles. The van der Waals surface area contributed by atoms with Crippen LogP contribution in [-0.4, -0.2) is 19.1 Å². The summed E-state index contributed by atoms with van der Waals surface area (Å²) in [5, 5.41) is 0. The predicted octanol–water partition coefficient (Wildman–Crippen LogP) is -0.516. The monoisotopic (exact) mass is 306 g/mol. The number of H-pyrrole nitrogens is 2. The molecule has 0 atom stereocenters. The van der Waals surface area contributed by atoms with Crippen molar-refractivity contribution in [2.24, 2.45) is 0 Å². The Morgan fingerprint density at radius 1 is 0.773 bits per heavy atom. The molecule has 0 radical (unpaired) electrons. The molecule has 0 saturated heterocycles. The third-order valence-electron chi connectivity index (χ3n) is 3.49. The molecule has 0 spiro atoms. The van der Waals surface area contributed by atoms with Gasteiger partial charge < -0.3 is 9.97 Å². The second-order valence-corrected chi connectivity index (χ2v) is 5.17. The Labute approximate surface area is 125 Å². The van der Waals surface area contributed by atoms with Gasteiger partial charge >= 0.3 is 11.4 Å². The Hall–Kier alpha value is -2.64. The lowest BCUT2D eigenvalue weighted by Gasteiger charge is -2.07. The predicted molar refractivity (Wildman–Crippen MR) is 81.4 cm³/mol. The number of rotatable bonds is 5. The molecule has 8 nitrogen and oxygen atoms in total. The van der Waals surface area contributed by atoms with Crippen molar-refractivity contribution < 1.29 is 0 Å². The summed E-state index contributed by atoms with van der Waals surface area (Å²) in [7, 11) is 0. The average molecular weight is 306 g/mol. The van der Waals surface area contributed by atoms with Crippen LogP contribution in [0.25, 0.3) is 0 Å². The van der Waals surface area contributed by atoms with Crippen LogP contribution in [0.1, 0.15) is 24.0 Å². The van der Waals surface area contributed by atoms with Crippen molar-refractivity contribution in [2.75, 3.05) is 0 Å². The molecule has 2 rings (SSSR count). The molecular weight excluding hydrogens is 288 g/mol. The normalized spacial score (nSPS) is 10.8. The van der Waals surface area contributed by atoms with E-state index in [4.69, 9.17) is 0 Å². The summed E-state index contributed by atoms with van der Waals surface area (Å²) in [4.78, 5) is 51.9. The molecule has 0 bridgehead atoms. The molecule has 2 N–H and O–H groups in total. The molecular formula is C14H18N4O4. The second kappa shape index (κ2) is 6.42. The van der Waals surface area contributed by atoms with E-state index in [2.05, 4.69) is 9.97 Å². The van der Waals surface area contributed by atoms with Crippen LogP contribution in [0.5, 0.6) is 0 Å². The van der Waals surface area contributed by atoms with Crippen LogP contribution in [-0.2, 0) is 13.1 Å². The van der Waals surface area contributed by atoms with Crippen LogP contribution in [0.2, 0.25) is 0 Å². The highest BCUT2D eigenvalue weighted by Crippen LogP contribution is 1.94. The zero-order chi connectivity index (χ0) is 16.3. The van der Waals surface area contributed by atoms with Gasteiger partial charge in [-0.15, -0.1) is 0 Å². The Bertz CT molecular complexity index is 825. The third-order valence-corrected chi connectivity index (χ3v) is 3.49. The molecule has 8 heteroatoms. The minimum absolute atomic E-state index is 0.244. The SMILES string of the molecule is Cc1c[nH]c(=O)n(CCCCn2c(=O)[nH]cc(C)c2=O)c1=O. The lowest BCUT2D eigenvalue weighted by atomic mass is 10.3. The molecule has 0 aliphatic heterocycles. The number of hydrogen-bond donors (Lipinski definition) is 2. The van der Waals surface area contributed by atoms with E-state index in [1.54, 1.807) is 13.8 Å². The number of unbranched alkanes of at least 4 members (excludes halogenated alkanes) is 1. The van der Waals surface area contributed by atoms with E-state index >= 15 is 0 Å². The Kier molecular flexibility index (Phi) is 4.59. The molecule has 0 amide bonds. The average Bonchev–Trinajstić information content (AvgIpc) is 2.49. The van der Waals surface area contributed by atoms with Gasteiger partial charge in [0.25, 0.3) is 11.1 Å². The van der Waals surface area contributed by atoms with Crippen LogP contribution in [0.15, 0.2) is 31.6 Å². The van der Waals surface area contributed by atoms with E-state index in [0.717, 1.165) is 9.13 Å². The fourth-order valence-electron chi connectivity index (χ4n) is 2.18. The smallest absolute Gasteiger partial charge is 0.314 e. The Morgan fingerprint density at radius 3 is 1.50 bits per heavy atom. The number of nitrogens with one attached hydrogen (secondary N) is 2. The molecule has 0 aromatic carbocycles. The van der Waals surface area contributed by atoms with E-state index in [9.17, 15) is 19.2 Å². The van der Waals surface area contributed by atoms with Gasteiger partial charge in [0.15, 0.2) is 0 Å². The maximum atomic E-state index is 11.8. The molecule has 0 aliphatic rings. The fourth-order valence-corrected chi connectivity index (χ4v) is 2.18. The van der Waals surface area contributed by atoms with Crippen LogP contribution in [0.4, 0.5) is 0 Å². The first kappa shape index (κ1) is 15.7. The number of aryl methyl sites for hydroxylation is 2. The zero-order valence-electron chi connectivity index (χ0n) is 12.5. The third kappa shape index (κ3) is 3.16. The molecule has 118 valence electrons. The van der Waals surface area contributed by atoms with Crippen molar-refractivity contribution in [1.82, 2.24) is 19.1 Å². The highest BCUT2D eigenvalue weighted by atomic mass is 16.2. The van der Waals surface area contributed by atoms with Gasteiger partial charge in [0.1, 0.15) is 0 Å². The van der Waals surface area contributed by atoms with E-state index in [1.165, 1.54) is 12.4 Å². The number of aromatic amines is 2. The molecule has 22 heavy (non-hydrogen) atoms. The maximum absolute atomic E-state index is 11.8. The fraction of sp³-hybridized carbons (Fsp3) is 0.429. The number of aromatic nitrogens is 4. The topological polar surface area (TPSA) is 110 Å². The summed E-state index contributed by atoms with van der Waals surface area (Å²) >= 11 is 0. The van der Waals surface area contributed by atoms with Gasteiger partial charge in [0, 0.05) is 36.6 Å². The standard InChI is InChI=1S/C14H18N4O4/c1-9-7-15-13(21)17(11(9)19)5-3-4-6-18-12(20)10(2)8-16-14(18)22/h7-8H,3-6H2,1-2H3,(H,15,21)(H,16,22). The van der Waals surface area contributed by atoms with Gasteiger partial charge in [-0.05, 0) is 26.7 Å². The van der Waals surface area contributed by atoms with Gasteiger partial charge in [-0.3, -0.25) is 18.7 Å². The first-order valence-electron chi connectivity index (χ1n) is 7.00. The van der Waals surface area contributed by atoms with E-state index < -0.39 is 11.4 Å². The summed E-state index contributed by atoms with van der Waals surface area (Å²) < 4.78 is 2.25. The van der Waals surface area contributed by atoms with Crippen molar-refractivity contribution in [3.8, 4) is 0 Å². The van der Waals surface area contributed by atoms with Crippen LogP contribution in [0.3, 0.4) is 0 Å². The summed E-state index contributed by atoms with van der Waals surface area (Å²) in [5.74, 6) is 0. The minimum atomic E-state index is -0.457. The van der Waals surface area contributed by atoms with Gasteiger partial charge in [-0.1, -0.05) is 0 Å². The Balaban J connectivity index is 2.05. The lowest BCUT2D eigenvalue weighted by molar-refractivity contribution is 0.510. The van der Waals surface area contributed by atoms with Crippen molar-refractivity contribution in [3.05, 3.63) is 65.2 Å². The van der Waals surface area contributed by atoms with E-state index in [0.29, 0.717) is 24.0 Å². The van der Waals surface area contributed by atoms with Gasteiger partial charge in [0.2, 0.25) is 0 Å². The van der Waals surface area contributed by atoms with Crippen molar-refractivity contribution in [3.63, 3.8) is 0 Å². The largest absolute Gasteiger partial charge is 0.328 e. The quantitative estimate of drug-likeness (QED) is 0.724. The van der Waals surface area contributed by atoms with Crippen LogP contribution in [0, 0.1) is 13.8 Å². The summed E-state index contributed by atoms with van der Waals surface area (Å²) in [6.45, 7) is 3.74. The van der Waals surface area contributed by atoms with Crippen LogP contribution >= 0.6 is 0 Å². The zero-order valence-corrected chi connectivity index (χ0v) is 12.5. The van der Waals surface area contributed by atoms with Crippen molar-refractivity contribution >= 4 is 0 Å². The Morgan fingerprint density at radius 2 is 1.14 bits per heavy atom. The molecule has 0 saturated carbocycles. The first-order chi connectivity index (χ1) is 10.4. The van der Waals surface area contributed by atoms with Gasteiger partial charge in [-0.2, -0.15) is 0 Å². The molecule has 0 aliphatic carbocycles. The maximum Gasteiger partial charge on any atom is 0.328 e. The number of nitrogens with zero attached hydrogens (tertiary/aromatic N) is 2. The summed E-state index contributed by atoms with van der Waals surface area (Å²) in [6, 6.07) is 0. The molecule has 0 unspecified atom stereocenters. The summed E-state index contributed by atoms with van der Waals surface area (Å²) in [5.41, 5.74) is -0.636.